The molecule has 1 aromatic carbocycles. The Labute approximate surface area is 206 Å². The number of hydrogen-bond donors (Lipinski definition) is 1. The van der Waals surface area contributed by atoms with E-state index in [9.17, 15) is 30.4 Å². The predicted octanol–water partition coefficient (Wildman–Crippen LogP) is 3.42. The molecule has 16 heteroatoms. The summed E-state index contributed by atoms with van der Waals surface area (Å²) in [5.74, 6) is -2.75. The molecule has 3 aromatic heterocycles. The molecule has 0 spiro atoms. The molecule has 1 aliphatic rings. The van der Waals surface area contributed by atoms with Crippen molar-refractivity contribution >= 4 is 15.8 Å². The monoisotopic (exact) mass is 542 g/mol. The number of nitrogens with zero attached hydrogens (tertiary/aromatic N) is 7. The summed E-state index contributed by atoms with van der Waals surface area (Å²) in [6.07, 6.45) is -2.54. The number of aryl methyl sites for hydroxylation is 1. The lowest BCUT2D eigenvalue weighted by molar-refractivity contribution is -0.137. The van der Waals surface area contributed by atoms with Gasteiger partial charge in [0, 0.05) is 36.7 Å². The fourth-order valence-electron chi connectivity index (χ4n) is 4.55. The van der Waals surface area contributed by atoms with Crippen LogP contribution in [0.1, 0.15) is 36.7 Å². The molecule has 0 radical (unpaired) electrons. The zero-order valence-electron chi connectivity index (χ0n) is 19.1. The number of alkyl halides is 5. The molecule has 37 heavy (non-hydrogen) atoms. The summed E-state index contributed by atoms with van der Waals surface area (Å²) in [7, 11) is -4.65. The van der Waals surface area contributed by atoms with E-state index in [2.05, 4.69) is 30.0 Å². The predicted molar refractivity (Wildman–Crippen MR) is 118 cm³/mol. The lowest BCUT2D eigenvalue weighted by Gasteiger charge is -2.35. The first-order valence-corrected chi connectivity index (χ1v) is 12.4. The molecule has 3 heterocycles. The fraction of sp³-hybridized carbons (Fsp3) is 0.381. The third-order valence-electron chi connectivity index (χ3n) is 6.12. The number of rotatable bonds is 5. The molecule has 10 nitrogen and oxygen atoms in total. The van der Waals surface area contributed by atoms with E-state index in [0.717, 1.165) is 23.0 Å². The van der Waals surface area contributed by atoms with Crippen molar-refractivity contribution in [3.8, 4) is 11.3 Å². The third kappa shape index (κ3) is 5.02. The Kier molecular flexibility index (Phi) is 5.97. The van der Waals surface area contributed by atoms with Gasteiger partial charge in [-0.05, 0) is 37.6 Å². The van der Waals surface area contributed by atoms with Crippen LogP contribution in [-0.4, -0.2) is 54.7 Å². The molecule has 0 saturated heterocycles. The number of benzene rings is 1. The Hall–Kier alpha value is -3.53. The third-order valence-corrected chi connectivity index (χ3v) is 7.62. The fourth-order valence-corrected chi connectivity index (χ4v) is 5.87. The number of sulfonamides is 1. The highest BCUT2D eigenvalue weighted by atomic mass is 32.2. The molecule has 0 aliphatic heterocycles. The van der Waals surface area contributed by atoms with Crippen molar-refractivity contribution in [3.63, 3.8) is 0 Å². The highest BCUT2D eigenvalue weighted by molar-refractivity contribution is 7.89. The highest BCUT2D eigenvalue weighted by Crippen LogP contribution is 2.40. The first-order chi connectivity index (χ1) is 17.3. The average Bonchev–Trinajstić information content (AvgIpc) is 3.45. The Morgan fingerprint density at radius 3 is 2.62 bits per heavy atom. The summed E-state index contributed by atoms with van der Waals surface area (Å²) in [6, 6.07) is 1.57. The molecule has 196 valence electrons. The molecule has 0 bridgehead atoms. The van der Waals surface area contributed by atoms with Crippen LogP contribution in [-0.2, 0) is 16.2 Å². The summed E-state index contributed by atoms with van der Waals surface area (Å²) < 4.78 is 102. The molecular weight excluding hydrogens is 523 g/mol. The normalized spacial score (nSPS) is 20.4. The van der Waals surface area contributed by atoms with Gasteiger partial charge in [0.2, 0.25) is 10.0 Å². The topological polar surface area (TPSA) is 120 Å². The molecular formula is C21H19F5N8O2S. The van der Waals surface area contributed by atoms with E-state index < -0.39 is 57.5 Å². The molecule has 1 saturated carbocycles. The molecule has 2 atom stereocenters. The molecule has 2 unspecified atom stereocenters. The van der Waals surface area contributed by atoms with Gasteiger partial charge in [-0.15, -0.1) is 10.2 Å². The first-order valence-electron chi connectivity index (χ1n) is 11.0. The van der Waals surface area contributed by atoms with Gasteiger partial charge in [-0.25, -0.2) is 26.9 Å². The Morgan fingerprint density at radius 2 is 1.92 bits per heavy atom. The van der Waals surface area contributed by atoms with Crippen LogP contribution in [0.15, 0.2) is 48.0 Å². The van der Waals surface area contributed by atoms with Crippen LogP contribution in [0.2, 0.25) is 0 Å². The summed E-state index contributed by atoms with van der Waals surface area (Å²) in [4.78, 5) is 7.10. The summed E-state index contributed by atoms with van der Waals surface area (Å²) in [5.41, 5.74) is -1.25. The van der Waals surface area contributed by atoms with Crippen molar-refractivity contribution in [3.05, 3.63) is 54.5 Å². The molecule has 4 aromatic rings. The highest BCUT2D eigenvalue weighted by Gasteiger charge is 2.44. The maximum absolute atomic E-state index is 14.6. The van der Waals surface area contributed by atoms with Crippen LogP contribution in [0, 0.1) is 6.92 Å². The number of nitrogens with one attached hydrogen (secondary N) is 1. The zero-order chi connectivity index (χ0) is 26.6. The van der Waals surface area contributed by atoms with Crippen LogP contribution >= 0.6 is 0 Å². The van der Waals surface area contributed by atoms with Crippen molar-refractivity contribution in [2.75, 3.05) is 0 Å². The molecule has 1 aliphatic carbocycles. The van der Waals surface area contributed by atoms with Crippen LogP contribution in [0.5, 0.6) is 0 Å². The van der Waals surface area contributed by atoms with Gasteiger partial charge < -0.3 is 4.57 Å². The van der Waals surface area contributed by atoms with E-state index in [4.69, 9.17) is 0 Å². The smallest absolute Gasteiger partial charge is 0.314 e. The Bertz CT molecular complexity index is 1570. The quantitative estimate of drug-likeness (QED) is 0.384. The second-order valence-corrected chi connectivity index (χ2v) is 10.5. The van der Waals surface area contributed by atoms with Gasteiger partial charge in [-0.3, -0.25) is 0 Å². The Morgan fingerprint density at radius 1 is 1.14 bits per heavy atom. The van der Waals surface area contributed by atoms with E-state index in [1.54, 1.807) is 6.92 Å². The summed E-state index contributed by atoms with van der Waals surface area (Å²) in [6.45, 7) is 1.58. The van der Waals surface area contributed by atoms with Gasteiger partial charge >= 0.3 is 6.18 Å². The van der Waals surface area contributed by atoms with Gasteiger partial charge in [0.25, 0.3) is 11.7 Å². The molecule has 5 rings (SSSR count). The van der Waals surface area contributed by atoms with E-state index in [0.29, 0.717) is 11.9 Å². The maximum atomic E-state index is 14.6. The van der Waals surface area contributed by atoms with E-state index in [1.165, 1.54) is 23.2 Å². The summed E-state index contributed by atoms with van der Waals surface area (Å²) >= 11 is 0. The van der Waals surface area contributed by atoms with Crippen LogP contribution < -0.4 is 4.72 Å². The zero-order valence-corrected chi connectivity index (χ0v) is 19.9. The molecule has 0 amide bonds. The second kappa shape index (κ2) is 8.79. The van der Waals surface area contributed by atoms with Crippen LogP contribution in [0.4, 0.5) is 22.0 Å². The minimum Gasteiger partial charge on any atom is -0.314 e. The van der Waals surface area contributed by atoms with Gasteiger partial charge in [0.05, 0.1) is 16.2 Å². The SMILES string of the molecule is Cc1nncn1C1CC(NS(=O)(=O)c2cc(-c3ccnc4ncnn34)cc(C(F)(F)F)c2)CC(F)(F)C1. The number of fused-ring (bicyclic) bond motifs is 1. The van der Waals surface area contributed by atoms with Gasteiger partial charge in [-0.1, -0.05) is 0 Å². The van der Waals surface area contributed by atoms with E-state index >= 15 is 0 Å². The Balaban J connectivity index is 1.53. The van der Waals surface area contributed by atoms with Gasteiger partial charge in [-0.2, -0.15) is 27.8 Å². The lowest BCUT2D eigenvalue weighted by atomic mass is 9.88. The molecule has 1 N–H and O–H groups in total. The van der Waals surface area contributed by atoms with Crippen molar-refractivity contribution in [1.29, 1.82) is 0 Å². The average molecular weight is 542 g/mol. The molecule has 1 fully saturated rings. The van der Waals surface area contributed by atoms with Crippen LogP contribution in [0.25, 0.3) is 17.0 Å². The second-order valence-electron chi connectivity index (χ2n) is 8.80. The number of hydrogen-bond acceptors (Lipinski definition) is 7. The number of halogens is 5. The van der Waals surface area contributed by atoms with E-state index in [-0.39, 0.29) is 23.5 Å². The van der Waals surface area contributed by atoms with Crippen molar-refractivity contribution in [2.45, 2.75) is 55.3 Å². The van der Waals surface area contributed by atoms with Crippen molar-refractivity contribution in [1.82, 2.24) is 39.1 Å². The lowest BCUT2D eigenvalue weighted by Crippen LogP contribution is -2.45. The van der Waals surface area contributed by atoms with Gasteiger partial charge in [0.1, 0.15) is 18.5 Å². The standard InChI is InChI=1S/C21H19F5N8O2S/c1-12-31-29-11-33(12)16-7-15(8-20(22,23)9-16)32-37(35,36)17-5-13(4-14(6-17)21(24,25)26)18-2-3-27-19-28-10-30-34(18)19/h2-6,10-11,15-16,32H,7-9H2,1H3. The number of aromatic nitrogens is 7. The van der Waals surface area contributed by atoms with Crippen molar-refractivity contribution in [2.24, 2.45) is 0 Å². The first kappa shape index (κ1) is 25.1. The maximum Gasteiger partial charge on any atom is 0.416 e. The van der Waals surface area contributed by atoms with Gasteiger partial charge in [0.15, 0.2) is 0 Å². The minimum atomic E-state index is -4.89. The minimum absolute atomic E-state index is 0.0244. The van der Waals surface area contributed by atoms with Crippen molar-refractivity contribution < 1.29 is 30.4 Å². The summed E-state index contributed by atoms with van der Waals surface area (Å²) in [5, 5.41) is 11.4. The van der Waals surface area contributed by atoms with Crippen LogP contribution in [0.3, 0.4) is 0 Å². The largest absolute Gasteiger partial charge is 0.416 e. The van der Waals surface area contributed by atoms with E-state index in [1.807, 2.05) is 0 Å².